The lowest BCUT2D eigenvalue weighted by molar-refractivity contribution is 0.126. The van der Waals surface area contributed by atoms with E-state index in [0.29, 0.717) is 0 Å². The van der Waals surface area contributed by atoms with Gasteiger partial charge in [-0.3, -0.25) is 0 Å². The summed E-state index contributed by atoms with van der Waals surface area (Å²) in [5.41, 5.74) is 0. The molecule has 0 spiro atoms. The van der Waals surface area contributed by atoms with E-state index in [9.17, 15) is 0 Å². The van der Waals surface area contributed by atoms with E-state index < -0.39 is 0 Å². The minimum absolute atomic E-state index is 0.870. The summed E-state index contributed by atoms with van der Waals surface area (Å²) in [6.07, 6.45) is 13.4. The van der Waals surface area contributed by atoms with Crippen molar-refractivity contribution < 1.29 is 4.74 Å². The number of hydrogen-bond donors (Lipinski definition) is 1. The summed E-state index contributed by atoms with van der Waals surface area (Å²) in [5.74, 6) is 0. The average Bonchev–Trinajstić information content (AvgIpc) is 3.15. The van der Waals surface area contributed by atoms with Gasteiger partial charge in [-0.2, -0.15) is 0 Å². The lowest BCUT2D eigenvalue weighted by Gasteiger charge is -2.05. The molecule has 0 heterocycles. The van der Waals surface area contributed by atoms with E-state index in [1.165, 1.54) is 70.8 Å². The van der Waals surface area contributed by atoms with Gasteiger partial charge in [-0.25, -0.2) is 0 Å². The smallest absolute Gasteiger partial charge is 0.0466 e. The summed E-state index contributed by atoms with van der Waals surface area (Å²) in [4.78, 5) is 0. The van der Waals surface area contributed by atoms with Crippen molar-refractivity contribution in [2.75, 3.05) is 19.8 Å². The van der Waals surface area contributed by atoms with Crippen LogP contribution in [-0.2, 0) is 4.74 Å². The molecule has 0 bridgehead atoms. The largest absolute Gasteiger partial charge is 0.381 e. The first kappa shape index (κ1) is 15.0. The first-order valence-electron chi connectivity index (χ1n) is 7.74. The Morgan fingerprint density at radius 2 is 1.53 bits per heavy atom. The van der Waals surface area contributed by atoms with Gasteiger partial charge >= 0.3 is 0 Å². The fraction of sp³-hybridized carbons (Fsp3) is 1.00. The van der Waals surface area contributed by atoms with Crippen LogP contribution in [0.4, 0.5) is 0 Å². The third kappa shape index (κ3) is 10.8. The standard InChI is InChI=1S/C15H31NO/c1-2-3-4-5-8-13-17-14-9-6-7-12-16-15-10-11-15/h15-16H,2-14H2,1H3. The Kier molecular flexibility index (Phi) is 9.72. The molecule has 2 nitrogen and oxygen atoms in total. The molecular formula is C15H31NO. The van der Waals surface area contributed by atoms with Crippen LogP contribution in [0.25, 0.3) is 0 Å². The molecule has 102 valence electrons. The van der Waals surface area contributed by atoms with E-state index in [0.717, 1.165) is 19.3 Å². The molecule has 0 atom stereocenters. The molecule has 17 heavy (non-hydrogen) atoms. The molecule has 0 aliphatic heterocycles. The van der Waals surface area contributed by atoms with Crippen LogP contribution in [0.1, 0.15) is 71.1 Å². The highest BCUT2D eigenvalue weighted by Crippen LogP contribution is 2.18. The van der Waals surface area contributed by atoms with Crippen molar-refractivity contribution in [3.05, 3.63) is 0 Å². The van der Waals surface area contributed by atoms with E-state index in [-0.39, 0.29) is 0 Å². The molecular weight excluding hydrogens is 210 g/mol. The number of hydrogen-bond acceptors (Lipinski definition) is 2. The highest BCUT2D eigenvalue weighted by molar-refractivity contribution is 4.80. The van der Waals surface area contributed by atoms with Crippen LogP contribution in [0.15, 0.2) is 0 Å². The second-order valence-corrected chi connectivity index (χ2v) is 5.32. The van der Waals surface area contributed by atoms with Crippen LogP contribution in [0, 0.1) is 0 Å². The van der Waals surface area contributed by atoms with E-state index in [4.69, 9.17) is 4.74 Å². The Morgan fingerprint density at radius 3 is 2.18 bits per heavy atom. The molecule has 0 aromatic rings. The predicted molar refractivity (Wildman–Crippen MR) is 74.5 cm³/mol. The summed E-state index contributed by atoms with van der Waals surface area (Å²) in [7, 11) is 0. The first-order chi connectivity index (χ1) is 8.43. The maximum Gasteiger partial charge on any atom is 0.0466 e. The molecule has 0 unspecified atom stereocenters. The molecule has 0 amide bonds. The van der Waals surface area contributed by atoms with Crippen LogP contribution in [-0.4, -0.2) is 25.8 Å². The topological polar surface area (TPSA) is 21.3 Å². The summed E-state index contributed by atoms with van der Waals surface area (Å²) in [6, 6.07) is 0.870. The zero-order valence-electron chi connectivity index (χ0n) is 11.7. The Balaban J connectivity index is 1.61. The highest BCUT2D eigenvalue weighted by atomic mass is 16.5. The third-order valence-electron chi connectivity index (χ3n) is 3.37. The molecule has 0 aromatic carbocycles. The van der Waals surface area contributed by atoms with Crippen molar-refractivity contribution in [2.24, 2.45) is 0 Å². The van der Waals surface area contributed by atoms with Crippen LogP contribution >= 0.6 is 0 Å². The molecule has 1 saturated carbocycles. The number of rotatable bonds is 13. The molecule has 1 fully saturated rings. The number of ether oxygens (including phenoxy) is 1. The molecule has 0 saturated heterocycles. The third-order valence-corrected chi connectivity index (χ3v) is 3.37. The van der Waals surface area contributed by atoms with Gasteiger partial charge in [-0.05, 0) is 45.1 Å². The maximum absolute atomic E-state index is 5.63. The molecule has 0 radical (unpaired) electrons. The Bertz CT molecular complexity index is 157. The second kappa shape index (κ2) is 11.0. The van der Waals surface area contributed by atoms with Gasteiger partial charge in [0.05, 0.1) is 0 Å². The predicted octanol–water partition coefficient (Wildman–Crippen LogP) is 3.90. The van der Waals surface area contributed by atoms with Crippen LogP contribution in [0.2, 0.25) is 0 Å². The molecule has 2 heteroatoms. The van der Waals surface area contributed by atoms with Gasteiger partial charge in [-0.15, -0.1) is 0 Å². The second-order valence-electron chi connectivity index (χ2n) is 5.32. The zero-order valence-corrected chi connectivity index (χ0v) is 11.7. The van der Waals surface area contributed by atoms with Crippen molar-refractivity contribution in [3.63, 3.8) is 0 Å². The monoisotopic (exact) mass is 241 g/mol. The van der Waals surface area contributed by atoms with Gasteiger partial charge in [0, 0.05) is 19.3 Å². The zero-order chi connectivity index (χ0) is 12.2. The maximum atomic E-state index is 5.63. The van der Waals surface area contributed by atoms with Gasteiger partial charge in [0.2, 0.25) is 0 Å². The van der Waals surface area contributed by atoms with Gasteiger partial charge in [-0.1, -0.05) is 32.6 Å². The Hall–Kier alpha value is -0.0800. The van der Waals surface area contributed by atoms with Crippen molar-refractivity contribution in [1.29, 1.82) is 0 Å². The van der Waals surface area contributed by atoms with E-state index in [1.54, 1.807) is 0 Å². The molecule has 0 aromatic heterocycles. The van der Waals surface area contributed by atoms with Crippen molar-refractivity contribution in [1.82, 2.24) is 5.32 Å². The summed E-state index contributed by atoms with van der Waals surface area (Å²) in [6.45, 7) is 5.41. The fourth-order valence-electron chi connectivity index (χ4n) is 2.01. The number of nitrogens with one attached hydrogen (secondary N) is 1. The SMILES string of the molecule is CCCCCCCOCCCCCNC1CC1. The van der Waals surface area contributed by atoms with Gasteiger partial charge in [0.1, 0.15) is 0 Å². The lowest BCUT2D eigenvalue weighted by Crippen LogP contribution is -2.17. The Labute approximate surface area is 108 Å². The van der Waals surface area contributed by atoms with Crippen LogP contribution in [0.3, 0.4) is 0 Å². The van der Waals surface area contributed by atoms with Gasteiger partial charge < -0.3 is 10.1 Å². The summed E-state index contributed by atoms with van der Waals surface area (Å²) in [5, 5.41) is 3.55. The van der Waals surface area contributed by atoms with Crippen LogP contribution in [0.5, 0.6) is 0 Å². The summed E-state index contributed by atoms with van der Waals surface area (Å²) >= 11 is 0. The summed E-state index contributed by atoms with van der Waals surface area (Å²) < 4.78 is 5.63. The highest BCUT2D eigenvalue weighted by Gasteiger charge is 2.19. The molecule has 1 rings (SSSR count). The quantitative estimate of drug-likeness (QED) is 0.494. The minimum atomic E-state index is 0.870. The molecule has 1 N–H and O–H groups in total. The first-order valence-corrected chi connectivity index (χ1v) is 7.74. The van der Waals surface area contributed by atoms with Crippen LogP contribution < -0.4 is 5.32 Å². The lowest BCUT2D eigenvalue weighted by atomic mass is 10.2. The molecule has 1 aliphatic rings. The van der Waals surface area contributed by atoms with Crippen molar-refractivity contribution >= 4 is 0 Å². The fourth-order valence-corrected chi connectivity index (χ4v) is 2.01. The number of unbranched alkanes of at least 4 members (excludes halogenated alkanes) is 6. The van der Waals surface area contributed by atoms with Gasteiger partial charge in [0.25, 0.3) is 0 Å². The molecule has 1 aliphatic carbocycles. The average molecular weight is 241 g/mol. The van der Waals surface area contributed by atoms with Crippen molar-refractivity contribution in [3.8, 4) is 0 Å². The Morgan fingerprint density at radius 1 is 0.882 bits per heavy atom. The normalized spacial score (nSPS) is 15.4. The van der Waals surface area contributed by atoms with Gasteiger partial charge in [0.15, 0.2) is 0 Å². The van der Waals surface area contributed by atoms with Crippen molar-refractivity contribution in [2.45, 2.75) is 77.2 Å². The van der Waals surface area contributed by atoms with E-state index in [2.05, 4.69) is 12.2 Å². The van der Waals surface area contributed by atoms with E-state index in [1.807, 2.05) is 0 Å². The minimum Gasteiger partial charge on any atom is -0.381 e. The van der Waals surface area contributed by atoms with E-state index >= 15 is 0 Å².